The number of carbonyl (C=O) groups excluding carboxylic acids is 1. The molecule has 1 aromatic carbocycles. The number of carbonyl (C=O) groups is 1. The summed E-state index contributed by atoms with van der Waals surface area (Å²) in [5.41, 5.74) is 0.764. The highest BCUT2D eigenvalue weighted by Gasteiger charge is 2.08. The molecule has 0 aliphatic heterocycles. The fourth-order valence-corrected chi connectivity index (χ4v) is 3.25. The summed E-state index contributed by atoms with van der Waals surface area (Å²) in [6, 6.07) is 3.95. The van der Waals surface area contributed by atoms with Crippen LogP contribution in [0.5, 0.6) is 0 Å². The fourth-order valence-electron chi connectivity index (χ4n) is 1.19. The van der Waals surface area contributed by atoms with Gasteiger partial charge in [0.25, 0.3) is 0 Å². The summed E-state index contributed by atoms with van der Waals surface area (Å²) in [4.78, 5) is 11.6. The first-order chi connectivity index (χ1) is 6.24. The van der Waals surface area contributed by atoms with Crippen molar-refractivity contribution in [2.45, 2.75) is 4.90 Å². The van der Waals surface area contributed by atoms with Crippen molar-refractivity contribution < 1.29 is 4.79 Å². The molecule has 0 saturated heterocycles. The third-order valence-electron chi connectivity index (χ3n) is 1.81. The number of rotatable bonds is 1. The number of hydrogen-bond acceptors (Lipinski definition) is 3. The highest BCUT2D eigenvalue weighted by atomic mass is 127. The minimum Gasteiger partial charge on any atom is -0.298 e. The van der Waals surface area contributed by atoms with Gasteiger partial charge in [-0.25, -0.2) is 0 Å². The molecule has 0 bridgehead atoms. The topological polar surface area (TPSA) is 17.1 Å². The van der Waals surface area contributed by atoms with Crippen LogP contribution >= 0.6 is 46.6 Å². The standard InChI is InChI=1S/C9H5IOS2/c10-9-6(12)1-2-7-8(9)5(3-11)4-13-7/h1-4,12H. The van der Waals surface area contributed by atoms with Gasteiger partial charge in [-0.3, -0.25) is 4.79 Å². The molecule has 0 radical (unpaired) electrons. The Morgan fingerprint density at radius 1 is 1.46 bits per heavy atom. The zero-order valence-electron chi connectivity index (χ0n) is 6.45. The largest absolute Gasteiger partial charge is 0.298 e. The van der Waals surface area contributed by atoms with Gasteiger partial charge in [-0.15, -0.1) is 24.0 Å². The van der Waals surface area contributed by atoms with E-state index < -0.39 is 0 Å². The number of thiophene rings is 1. The summed E-state index contributed by atoms with van der Waals surface area (Å²) in [5.74, 6) is 0. The van der Waals surface area contributed by atoms with Crippen LogP contribution in [-0.2, 0) is 0 Å². The molecule has 2 rings (SSSR count). The van der Waals surface area contributed by atoms with Crippen LogP contribution in [-0.4, -0.2) is 6.29 Å². The molecule has 2 aromatic rings. The molecule has 0 spiro atoms. The second-order valence-electron chi connectivity index (χ2n) is 2.58. The van der Waals surface area contributed by atoms with E-state index in [0.29, 0.717) is 0 Å². The van der Waals surface area contributed by atoms with E-state index in [1.807, 2.05) is 17.5 Å². The molecule has 66 valence electrons. The summed E-state index contributed by atoms with van der Waals surface area (Å²) in [7, 11) is 0. The van der Waals surface area contributed by atoms with Crippen molar-refractivity contribution in [1.82, 2.24) is 0 Å². The van der Waals surface area contributed by atoms with Crippen LogP contribution in [0.4, 0.5) is 0 Å². The molecule has 1 aromatic heterocycles. The number of fused-ring (bicyclic) bond motifs is 1. The monoisotopic (exact) mass is 320 g/mol. The maximum Gasteiger partial charge on any atom is 0.151 e. The molecule has 13 heavy (non-hydrogen) atoms. The maximum absolute atomic E-state index is 10.7. The van der Waals surface area contributed by atoms with Crippen LogP contribution in [0, 0.1) is 3.57 Å². The van der Waals surface area contributed by atoms with Crippen molar-refractivity contribution in [3.05, 3.63) is 26.6 Å². The van der Waals surface area contributed by atoms with Crippen molar-refractivity contribution in [2.24, 2.45) is 0 Å². The minimum atomic E-state index is 0.764. The summed E-state index contributed by atoms with van der Waals surface area (Å²) in [6.45, 7) is 0. The Balaban J connectivity index is 2.93. The lowest BCUT2D eigenvalue weighted by atomic mass is 10.2. The van der Waals surface area contributed by atoms with Gasteiger partial charge in [0.2, 0.25) is 0 Å². The van der Waals surface area contributed by atoms with Crippen LogP contribution in [0.25, 0.3) is 10.1 Å². The third kappa shape index (κ3) is 1.51. The predicted octanol–water partition coefficient (Wildman–Crippen LogP) is 3.61. The lowest BCUT2D eigenvalue weighted by Crippen LogP contribution is -1.81. The van der Waals surface area contributed by atoms with Gasteiger partial charge in [0.1, 0.15) is 0 Å². The first-order valence-corrected chi connectivity index (χ1v) is 5.98. The Morgan fingerprint density at radius 2 is 2.23 bits per heavy atom. The van der Waals surface area contributed by atoms with Gasteiger partial charge in [0, 0.05) is 29.5 Å². The molecule has 0 aliphatic carbocycles. The number of hydrogen-bond donors (Lipinski definition) is 1. The number of aldehydes is 1. The Labute approximate surface area is 98.7 Å². The van der Waals surface area contributed by atoms with Crippen LogP contribution in [0.1, 0.15) is 10.4 Å². The van der Waals surface area contributed by atoms with E-state index in [1.54, 1.807) is 11.3 Å². The van der Waals surface area contributed by atoms with Gasteiger partial charge in [0.15, 0.2) is 6.29 Å². The molecule has 0 unspecified atom stereocenters. The van der Waals surface area contributed by atoms with Crippen LogP contribution in [0.3, 0.4) is 0 Å². The number of benzene rings is 1. The zero-order valence-corrected chi connectivity index (χ0v) is 10.3. The van der Waals surface area contributed by atoms with E-state index in [1.165, 1.54) is 0 Å². The Kier molecular flexibility index (Phi) is 2.62. The Bertz CT molecular complexity index is 476. The smallest absolute Gasteiger partial charge is 0.151 e. The maximum atomic E-state index is 10.7. The van der Waals surface area contributed by atoms with Crippen LogP contribution in [0.2, 0.25) is 0 Å². The molecule has 0 fully saturated rings. The second-order valence-corrected chi connectivity index (χ2v) is 5.05. The van der Waals surface area contributed by atoms with Gasteiger partial charge in [0.05, 0.1) is 0 Å². The predicted molar refractivity (Wildman–Crippen MR) is 67.2 cm³/mol. The van der Waals surface area contributed by atoms with Gasteiger partial charge >= 0.3 is 0 Å². The average molecular weight is 320 g/mol. The summed E-state index contributed by atoms with van der Waals surface area (Å²) in [6.07, 6.45) is 0.897. The normalized spacial score (nSPS) is 10.6. The first-order valence-electron chi connectivity index (χ1n) is 3.58. The minimum absolute atomic E-state index is 0.764. The van der Waals surface area contributed by atoms with Crippen LogP contribution < -0.4 is 0 Å². The molecule has 0 atom stereocenters. The molecule has 0 aliphatic rings. The van der Waals surface area contributed by atoms with E-state index >= 15 is 0 Å². The number of halogens is 1. The van der Waals surface area contributed by atoms with Gasteiger partial charge in [-0.05, 0) is 34.7 Å². The molecule has 0 saturated carbocycles. The van der Waals surface area contributed by atoms with E-state index in [2.05, 4.69) is 35.2 Å². The van der Waals surface area contributed by atoms with Gasteiger partial charge in [-0.2, -0.15) is 0 Å². The highest BCUT2D eigenvalue weighted by Crippen LogP contribution is 2.32. The first kappa shape index (κ1) is 9.48. The molecule has 0 N–H and O–H groups in total. The summed E-state index contributed by atoms with van der Waals surface area (Å²) in [5, 5.41) is 2.92. The average Bonchev–Trinajstić information content (AvgIpc) is 2.55. The van der Waals surface area contributed by atoms with E-state index in [0.717, 1.165) is 30.4 Å². The summed E-state index contributed by atoms with van der Waals surface area (Å²) >= 11 is 8.13. The second kappa shape index (κ2) is 3.59. The van der Waals surface area contributed by atoms with Gasteiger partial charge < -0.3 is 0 Å². The Morgan fingerprint density at radius 3 is 2.92 bits per heavy atom. The van der Waals surface area contributed by atoms with Crippen LogP contribution in [0.15, 0.2) is 22.4 Å². The molecular weight excluding hydrogens is 315 g/mol. The lowest BCUT2D eigenvalue weighted by Gasteiger charge is -1.98. The van der Waals surface area contributed by atoms with Crippen molar-refractivity contribution in [3.63, 3.8) is 0 Å². The van der Waals surface area contributed by atoms with Crippen molar-refractivity contribution in [1.29, 1.82) is 0 Å². The van der Waals surface area contributed by atoms with E-state index in [-0.39, 0.29) is 0 Å². The van der Waals surface area contributed by atoms with Gasteiger partial charge in [-0.1, -0.05) is 0 Å². The van der Waals surface area contributed by atoms with E-state index in [9.17, 15) is 4.79 Å². The summed E-state index contributed by atoms with van der Waals surface area (Å²) < 4.78 is 2.20. The molecule has 1 nitrogen and oxygen atoms in total. The highest BCUT2D eigenvalue weighted by molar-refractivity contribution is 14.1. The Hall–Kier alpha value is -0.0700. The van der Waals surface area contributed by atoms with Crippen molar-refractivity contribution in [2.75, 3.05) is 0 Å². The van der Waals surface area contributed by atoms with Crippen molar-refractivity contribution in [3.8, 4) is 0 Å². The molecule has 0 amide bonds. The SMILES string of the molecule is O=Cc1csc2ccc(S)c(I)c12. The zero-order chi connectivity index (χ0) is 9.42. The molecular formula is C9H5IOS2. The molecule has 4 heteroatoms. The quantitative estimate of drug-likeness (QED) is 0.483. The fraction of sp³-hybridized carbons (Fsp3) is 0. The lowest BCUT2D eigenvalue weighted by molar-refractivity contribution is 0.112. The van der Waals surface area contributed by atoms with Crippen molar-refractivity contribution >= 4 is 62.9 Å². The van der Waals surface area contributed by atoms with E-state index in [4.69, 9.17) is 0 Å². The molecule has 1 heterocycles. The number of thiol groups is 1. The third-order valence-corrected chi connectivity index (χ3v) is 4.70.